The molecule has 0 fully saturated rings. The van der Waals surface area contributed by atoms with Gasteiger partial charge in [0.1, 0.15) is 17.1 Å². The van der Waals surface area contributed by atoms with Crippen molar-refractivity contribution < 1.29 is 9.53 Å². The zero-order valence-electron chi connectivity index (χ0n) is 15.0. The summed E-state index contributed by atoms with van der Waals surface area (Å²) in [6, 6.07) is 9.45. The highest BCUT2D eigenvalue weighted by Gasteiger charge is 2.13. The van der Waals surface area contributed by atoms with Gasteiger partial charge in [0.25, 0.3) is 5.56 Å². The molecule has 1 amide bonds. The fraction of sp³-hybridized carbons (Fsp3) is 0.316. The number of aromatic nitrogens is 2. The van der Waals surface area contributed by atoms with Gasteiger partial charge >= 0.3 is 0 Å². The van der Waals surface area contributed by atoms with Crippen LogP contribution in [0, 0.1) is 6.92 Å². The van der Waals surface area contributed by atoms with Crippen LogP contribution >= 0.6 is 11.3 Å². The molecule has 0 saturated carbocycles. The summed E-state index contributed by atoms with van der Waals surface area (Å²) in [7, 11) is 1.63. The van der Waals surface area contributed by atoms with Crippen LogP contribution in [0.15, 0.2) is 41.5 Å². The maximum atomic E-state index is 12.5. The number of hydrogen-bond acceptors (Lipinski definition) is 5. The fourth-order valence-corrected chi connectivity index (χ4v) is 3.76. The molecule has 3 aromatic rings. The lowest BCUT2D eigenvalue weighted by atomic mass is 10.1. The van der Waals surface area contributed by atoms with Crippen LogP contribution in [0.4, 0.5) is 0 Å². The predicted molar refractivity (Wildman–Crippen MR) is 103 cm³/mol. The number of ether oxygens (including phenoxy) is 1. The van der Waals surface area contributed by atoms with E-state index in [0.717, 1.165) is 16.2 Å². The van der Waals surface area contributed by atoms with Crippen molar-refractivity contribution in [2.45, 2.75) is 32.9 Å². The zero-order valence-corrected chi connectivity index (χ0v) is 15.8. The monoisotopic (exact) mass is 371 g/mol. The van der Waals surface area contributed by atoms with Crippen LogP contribution in [-0.4, -0.2) is 28.6 Å². The molecule has 0 aliphatic rings. The van der Waals surface area contributed by atoms with Crippen molar-refractivity contribution in [1.82, 2.24) is 14.9 Å². The van der Waals surface area contributed by atoms with E-state index in [9.17, 15) is 9.59 Å². The number of rotatable bonds is 6. The lowest BCUT2D eigenvalue weighted by Gasteiger charge is -2.16. The highest BCUT2D eigenvalue weighted by Crippen LogP contribution is 2.20. The van der Waals surface area contributed by atoms with Crippen LogP contribution in [0.2, 0.25) is 0 Å². The Morgan fingerprint density at radius 3 is 2.92 bits per heavy atom. The Kier molecular flexibility index (Phi) is 5.37. The quantitative estimate of drug-likeness (QED) is 0.723. The summed E-state index contributed by atoms with van der Waals surface area (Å²) < 4.78 is 6.69. The van der Waals surface area contributed by atoms with Crippen molar-refractivity contribution in [2.75, 3.05) is 7.11 Å². The number of carbonyl (C=O) groups excluding carboxylic acids is 1. The highest BCUT2D eigenvalue weighted by atomic mass is 32.1. The van der Waals surface area contributed by atoms with Crippen molar-refractivity contribution in [1.29, 1.82) is 0 Å². The normalized spacial score (nSPS) is 12.1. The molecule has 2 aromatic heterocycles. The Bertz CT molecular complexity index is 993. The van der Waals surface area contributed by atoms with Gasteiger partial charge in [0.05, 0.1) is 18.8 Å². The number of amides is 1. The van der Waals surface area contributed by atoms with Gasteiger partial charge in [-0.1, -0.05) is 18.2 Å². The van der Waals surface area contributed by atoms with Crippen molar-refractivity contribution in [3.63, 3.8) is 0 Å². The van der Waals surface area contributed by atoms with Gasteiger partial charge in [-0.2, -0.15) is 0 Å². The third-order valence-electron chi connectivity index (χ3n) is 4.08. The van der Waals surface area contributed by atoms with Gasteiger partial charge in [-0.15, -0.1) is 11.3 Å². The summed E-state index contributed by atoms with van der Waals surface area (Å²) in [5.41, 5.74) is 0.837. The molecule has 2 heterocycles. The first kappa shape index (κ1) is 18.1. The van der Waals surface area contributed by atoms with Crippen LogP contribution in [-0.2, 0) is 17.8 Å². The van der Waals surface area contributed by atoms with E-state index in [1.165, 1.54) is 22.2 Å². The van der Waals surface area contributed by atoms with Gasteiger partial charge in [0, 0.05) is 10.9 Å². The topological polar surface area (TPSA) is 73.2 Å². The largest absolute Gasteiger partial charge is 0.496 e. The minimum atomic E-state index is -0.220. The number of carbonyl (C=O) groups is 1. The number of benzene rings is 1. The van der Waals surface area contributed by atoms with E-state index in [0.29, 0.717) is 16.6 Å². The fourth-order valence-electron chi connectivity index (χ4n) is 2.92. The van der Waals surface area contributed by atoms with Crippen LogP contribution < -0.4 is 15.6 Å². The van der Waals surface area contributed by atoms with E-state index >= 15 is 0 Å². The lowest BCUT2D eigenvalue weighted by Crippen LogP contribution is -2.38. The summed E-state index contributed by atoms with van der Waals surface area (Å²) in [5.74, 6) is 0.579. The summed E-state index contributed by atoms with van der Waals surface area (Å²) in [5, 5.41) is 3.49. The first-order chi connectivity index (χ1) is 12.5. The summed E-state index contributed by atoms with van der Waals surface area (Å²) >= 11 is 1.47. The number of aryl methyl sites for hydroxylation is 1. The Hall–Kier alpha value is -2.67. The molecule has 136 valence electrons. The summed E-state index contributed by atoms with van der Waals surface area (Å²) in [4.78, 5) is 30.8. The Labute approximate surface area is 155 Å². The van der Waals surface area contributed by atoms with Gasteiger partial charge in [0.15, 0.2) is 0 Å². The smallest absolute Gasteiger partial charge is 0.262 e. The molecule has 1 N–H and O–H groups in total. The zero-order chi connectivity index (χ0) is 18.7. The van der Waals surface area contributed by atoms with Crippen molar-refractivity contribution in [2.24, 2.45) is 0 Å². The third kappa shape index (κ3) is 3.94. The molecule has 1 atom stereocenters. The van der Waals surface area contributed by atoms with Crippen LogP contribution in [0.1, 0.15) is 17.4 Å². The SMILES string of the molecule is COc1ccccc1C[C@H](C)NC(=O)Cn1cnc2sc(C)cc2c1=O. The summed E-state index contributed by atoms with van der Waals surface area (Å²) in [6.07, 6.45) is 2.08. The molecule has 0 saturated heterocycles. The minimum absolute atomic E-state index is 0.0487. The number of fused-ring (bicyclic) bond motifs is 1. The van der Waals surface area contributed by atoms with Crippen molar-refractivity contribution in [3.8, 4) is 5.75 Å². The van der Waals surface area contributed by atoms with E-state index in [1.807, 2.05) is 44.2 Å². The molecule has 26 heavy (non-hydrogen) atoms. The molecule has 0 radical (unpaired) electrons. The average Bonchev–Trinajstić information content (AvgIpc) is 2.99. The molecule has 3 rings (SSSR count). The number of nitrogens with zero attached hydrogens (tertiary/aromatic N) is 2. The maximum Gasteiger partial charge on any atom is 0.262 e. The third-order valence-corrected chi connectivity index (χ3v) is 5.04. The standard InChI is InChI=1S/C19H21N3O3S/c1-12(8-14-6-4-5-7-16(14)25-3)21-17(23)10-22-11-20-18-15(19(22)24)9-13(2)26-18/h4-7,9,11-12H,8,10H2,1-3H3,(H,21,23)/t12-/m0/s1. The van der Waals surface area contributed by atoms with Crippen LogP contribution in [0.3, 0.4) is 0 Å². The van der Waals surface area contributed by atoms with E-state index in [4.69, 9.17) is 4.74 Å². The average molecular weight is 371 g/mol. The number of nitrogens with one attached hydrogen (secondary N) is 1. The van der Waals surface area contributed by atoms with E-state index in [-0.39, 0.29) is 24.1 Å². The van der Waals surface area contributed by atoms with Crippen LogP contribution in [0.5, 0.6) is 5.75 Å². The lowest BCUT2D eigenvalue weighted by molar-refractivity contribution is -0.122. The second-order valence-corrected chi connectivity index (χ2v) is 7.47. The second-order valence-electron chi connectivity index (χ2n) is 6.24. The van der Waals surface area contributed by atoms with Gasteiger partial charge in [0.2, 0.25) is 5.91 Å². The molecule has 7 heteroatoms. The molecular formula is C19H21N3O3S. The van der Waals surface area contributed by atoms with Gasteiger partial charge in [-0.25, -0.2) is 4.98 Å². The number of hydrogen-bond donors (Lipinski definition) is 1. The van der Waals surface area contributed by atoms with E-state index < -0.39 is 0 Å². The van der Waals surface area contributed by atoms with E-state index in [2.05, 4.69) is 10.3 Å². The molecule has 0 aliphatic heterocycles. The molecule has 0 unspecified atom stereocenters. The Morgan fingerprint density at radius 1 is 1.38 bits per heavy atom. The van der Waals surface area contributed by atoms with E-state index in [1.54, 1.807) is 7.11 Å². The molecular weight excluding hydrogens is 350 g/mol. The number of para-hydroxylation sites is 1. The predicted octanol–water partition coefficient (Wildman–Crippen LogP) is 2.52. The summed E-state index contributed by atoms with van der Waals surface area (Å²) in [6.45, 7) is 3.81. The molecule has 6 nitrogen and oxygen atoms in total. The van der Waals surface area contributed by atoms with Gasteiger partial charge < -0.3 is 10.1 Å². The Morgan fingerprint density at radius 2 is 2.15 bits per heavy atom. The first-order valence-corrected chi connectivity index (χ1v) is 9.16. The molecule has 0 aliphatic carbocycles. The van der Waals surface area contributed by atoms with Crippen molar-refractivity contribution >= 4 is 27.5 Å². The van der Waals surface area contributed by atoms with Crippen molar-refractivity contribution in [3.05, 3.63) is 57.5 Å². The Balaban J connectivity index is 1.67. The minimum Gasteiger partial charge on any atom is -0.496 e. The van der Waals surface area contributed by atoms with Gasteiger partial charge in [-0.05, 0) is 38.0 Å². The first-order valence-electron chi connectivity index (χ1n) is 8.34. The maximum absolute atomic E-state index is 12.5. The molecule has 1 aromatic carbocycles. The number of methoxy groups -OCH3 is 1. The van der Waals surface area contributed by atoms with Crippen LogP contribution in [0.25, 0.3) is 10.2 Å². The highest BCUT2D eigenvalue weighted by molar-refractivity contribution is 7.18. The number of thiophene rings is 1. The molecule has 0 spiro atoms. The second kappa shape index (κ2) is 7.70. The molecule has 0 bridgehead atoms. The van der Waals surface area contributed by atoms with Gasteiger partial charge in [-0.3, -0.25) is 14.2 Å².